The third-order valence-electron chi connectivity index (χ3n) is 3.77. The highest BCUT2D eigenvalue weighted by molar-refractivity contribution is 5.68. The summed E-state index contributed by atoms with van der Waals surface area (Å²) in [7, 11) is 0. The molecule has 2 heteroatoms. The minimum absolute atomic E-state index is 0.406. The summed E-state index contributed by atoms with van der Waals surface area (Å²) in [6.07, 6.45) is 5.88. The molecule has 1 aliphatic rings. The van der Waals surface area contributed by atoms with Crippen LogP contribution in [0.4, 0.5) is 5.69 Å². The van der Waals surface area contributed by atoms with Crippen LogP contribution in [0.25, 0.3) is 6.08 Å². The van der Waals surface area contributed by atoms with E-state index in [0.717, 1.165) is 29.7 Å². The van der Waals surface area contributed by atoms with Crippen LogP contribution in [-0.2, 0) is 12.0 Å². The molecule has 1 aliphatic carbocycles. The fourth-order valence-corrected chi connectivity index (χ4v) is 2.92. The average Bonchev–Trinajstić information content (AvgIpc) is 2.39. The topological polar surface area (TPSA) is 52.0 Å². The van der Waals surface area contributed by atoms with Crippen LogP contribution in [0.2, 0.25) is 0 Å². The first-order valence-corrected chi connectivity index (χ1v) is 6.57. The minimum Gasteiger partial charge on any atom is -0.398 e. The van der Waals surface area contributed by atoms with Gasteiger partial charge in [-0.25, -0.2) is 0 Å². The molecular weight excluding hydrogens is 232 g/mol. The predicted molar refractivity (Wildman–Crippen MR) is 80.5 cm³/mol. The van der Waals surface area contributed by atoms with E-state index in [2.05, 4.69) is 30.4 Å². The molecule has 0 aliphatic heterocycles. The molecule has 2 aromatic carbocycles. The smallest absolute Gasteiger partial charge is 0.0511 e. The number of hydrogen-bond acceptors (Lipinski definition) is 2. The third-order valence-corrected chi connectivity index (χ3v) is 3.77. The SMILES string of the molecule is Nc1cccc2c1C(N)(Cc1ccccc1)CC=C2. The normalized spacial score (nSPS) is 21.1. The largest absolute Gasteiger partial charge is 0.398 e. The van der Waals surface area contributed by atoms with Gasteiger partial charge in [-0.1, -0.05) is 54.6 Å². The van der Waals surface area contributed by atoms with E-state index in [1.165, 1.54) is 5.56 Å². The van der Waals surface area contributed by atoms with E-state index < -0.39 is 5.54 Å². The second-order valence-electron chi connectivity index (χ2n) is 5.24. The van der Waals surface area contributed by atoms with Gasteiger partial charge in [-0.3, -0.25) is 0 Å². The van der Waals surface area contributed by atoms with E-state index in [-0.39, 0.29) is 0 Å². The van der Waals surface area contributed by atoms with Crippen molar-refractivity contribution >= 4 is 11.8 Å². The molecular formula is C17H18N2. The Morgan fingerprint density at radius 3 is 2.58 bits per heavy atom. The van der Waals surface area contributed by atoms with Gasteiger partial charge in [0.25, 0.3) is 0 Å². The molecule has 0 aromatic heterocycles. The molecule has 0 amide bonds. The molecule has 3 rings (SSSR count). The Hall–Kier alpha value is -2.06. The molecule has 2 aromatic rings. The van der Waals surface area contributed by atoms with E-state index in [1.54, 1.807) is 0 Å². The van der Waals surface area contributed by atoms with Gasteiger partial charge in [-0.15, -0.1) is 0 Å². The molecule has 0 fully saturated rings. The summed E-state index contributed by atoms with van der Waals surface area (Å²) in [6.45, 7) is 0. The molecule has 1 unspecified atom stereocenters. The van der Waals surface area contributed by atoms with Gasteiger partial charge in [0.1, 0.15) is 0 Å². The summed E-state index contributed by atoms with van der Waals surface area (Å²) in [5.41, 5.74) is 16.7. The highest BCUT2D eigenvalue weighted by Gasteiger charge is 2.32. The first-order chi connectivity index (χ1) is 9.19. The van der Waals surface area contributed by atoms with Crippen LogP contribution in [0.5, 0.6) is 0 Å². The summed E-state index contributed by atoms with van der Waals surface area (Å²) in [4.78, 5) is 0. The molecule has 0 saturated heterocycles. The highest BCUT2D eigenvalue weighted by Crippen LogP contribution is 2.37. The summed E-state index contributed by atoms with van der Waals surface area (Å²) in [5.74, 6) is 0. The van der Waals surface area contributed by atoms with Gasteiger partial charge >= 0.3 is 0 Å². The van der Waals surface area contributed by atoms with Gasteiger partial charge in [0, 0.05) is 11.3 Å². The van der Waals surface area contributed by atoms with Crippen molar-refractivity contribution in [3.8, 4) is 0 Å². The van der Waals surface area contributed by atoms with Crippen LogP contribution in [0.1, 0.15) is 23.1 Å². The maximum absolute atomic E-state index is 6.67. The first-order valence-electron chi connectivity index (χ1n) is 6.57. The molecule has 19 heavy (non-hydrogen) atoms. The van der Waals surface area contributed by atoms with Crippen molar-refractivity contribution in [2.45, 2.75) is 18.4 Å². The van der Waals surface area contributed by atoms with Crippen molar-refractivity contribution in [2.75, 3.05) is 5.73 Å². The zero-order valence-electron chi connectivity index (χ0n) is 10.8. The maximum atomic E-state index is 6.67. The van der Waals surface area contributed by atoms with Crippen molar-refractivity contribution in [1.82, 2.24) is 0 Å². The fraction of sp³-hybridized carbons (Fsp3) is 0.176. The van der Waals surface area contributed by atoms with Crippen LogP contribution in [0.3, 0.4) is 0 Å². The predicted octanol–water partition coefficient (Wildman–Crippen LogP) is 3.08. The van der Waals surface area contributed by atoms with Gasteiger partial charge in [0.2, 0.25) is 0 Å². The molecule has 96 valence electrons. The van der Waals surface area contributed by atoms with E-state index in [4.69, 9.17) is 11.5 Å². The monoisotopic (exact) mass is 250 g/mol. The number of anilines is 1. The Bertz CT molecular complexity index is 616. The number of benzene rings is 2. The van der Waals surface area contributed by atoms with Crippen LogP contribution < -0.4 is 11.5 Å². The van der Waals surface area contributed by atoms with Gasteiger partial charge in [-0.05, 0) is 30.0 Å². The summed E-state index contributed by atoms with van der Waals surface area (Å²) >= 11 is 0. The summed E-state index contributed by atoms with van der Waals surface area (Å²) in [5, 5.41) is 0. The van der Waals surface area contributed by atoms with Crippen molar-refractivity contribution in [1.29, 1.82) is 0 Å². The van der Waals surface area contributed by atoms with E-state index in [9.17, 15) is 0 Å². The van der Waals surface area contributed by atoms with Crippen LogP contribution in [-0.4, -0.2) is 0 Å². The van der Waals surface area contributed by atoms with E-state index >= 15 is 0 Å². The Balaban J connectivity index is 2.04. The lowest BCUT2D eigenvalue weighted by Gasteiger charge is -2.34. The standard InChI is InChI=1S/C17H18N2/c18-15-10-4-8-14-9-5-11-17(19,16(14)15)12-13-6-2-1-3-7-13/h1-10H,11-12,18-19H2. The summed E-state index contributed by atoms with van der Waals surface area (Å²) in [6, 6.07) is 16.3. The molecule has 4 N–H and O–H groups in total. The zero-order chi connectivity index (χ0) is 13.3. The van der Waals surface area contributed by atoms with Crippen molar-refractivity contribution in [3.63, 3.8) is 0 Å². The number of nitrogen functional groups attached to an aromatic ring is 1. The lowest BCUT2D eigenvalue weighted by molar-refractivity contribution is 0.444. The third kappa shape index (κ3) is 2.15. The Morgan fingerprint density at radius 1 is 1.00 bits per heavy atom. The van der Waals surface area contributed by atoms with Crippen molar-refractivity contribution in [3.05, 3.63) is 71.3 Å². The second-order valence-corrected chi connectivity index (χ2v) is 5.24. The van der Waals surface area contributed by atoms with E-state index in [0.29, 0.717) is 0 Å². The van der Waals surface area contributed by atoms with Gasteiger partial charge in [-0.2, -0.15) is 0 Å². The minimum atomic E-state index is -0.406. The Kier molecular flexibility index (Phi) is 2.88. The van der Waals surface area contributed by atoms with Crippen LogP contribution >= 0.6 is 0 Å². The first kappa shape index (κ1) is 12.0. The molecule has 0 radical (unpaired) electrons. The highest BCUT2D eigenvalue weighted by atomic mass is 14.8. The van der Waals surface area contributed by atoms with Gasteiger partial charge in [0.05, 0.1) is 5.54 Å². The lowest BCUT2D eigenvalue weighted by atomic mass is 9.76. The Labute approximate surface area is 113 Å². The van der Waals surface area contributed by atoms with Gasteiger partial charge in [0.15, 0.2) is 0 Å². The molecule has 0 spiro atoms. The zero-order valence-corrected chi connectivity index (χ0v) is 10.8. The average molecular weight is 250 g/mol. The van der Waals surface area contributed by atoms with Crippen LogP contribution in [0, 0.1) is 0 Å². The number of hydrogen-bond donors (Lipinski definition) is 2. The fourth-order valence-electron chi connectivity index (χ4n) is 2.92. The molecule has 1 atom stereocenters. The molecule has 0 bridgehead atoms. The van der Waals surface area contributed by atoms with Gasteiger partial charge < -0.3 is 11.5 Å². The van der Waals surface area contributed by atoms with Crippen molar-refractivity contribution in [2.24, 2.45) is 5.73 Å². The number of rotatable bonds is 2. The lowest BCUT2D eigenvalue weighted by Crippen LogP contribution is -2.41. The summed E-state index contributed by atoms with van der Waals surface area (Å²) < 4.78 is 0. The molecule has 0 heterocycles. The number of nitrogens with two attached hydrogens (primary N) is 2. The number of fused-ring (bicyclic) bond motifs is 1. The van der Waals surface area contributed by atoms with E-state index in [1.807, 2.05) is 30.3 Å². The molecule has 0 saturated carbocycles. The van der Waals surface area contributed by atoms with Crippen molar-refractivity contribution < 1.29 is 0 Å². The maximum Gasteiger partial charge on any atom is 0.0511 e. The quantitative estimate of drug-likeness (QED) is 0.805. The second kappa shape index (κ2) is 4.56. The Morgan fingerprint density at radius 2 is 1.79 bits per heavy atom. The molecule has 2 nitrogen and oxygen atoms in total. The van der Waals surface area contributed by atoms with Crippen LogP contribution in [0.15, 0.2) is 54.6 Å².